The smallest absolute Gasteiger partial charge is 0.316 e. The fraction of sp³-hybridized carbons (Fsp3) is 0.286. The Morgan fingerprint density at radius 2 is 1.82 bits per heavy atom. The predicted molar refractivity (Wildman–Crippen MR) is 107 cm³/mol. The van der Waals surface area contributed by atoms with Gasteiger partial charge in [0.15, 0.2) is 0 Å². The predicted octanol–water partition coefficient (Wildman–Crippen LogP) is 3.06. The zero-order chi connectivity index (χ0) is 20.1. The molecule has 1 atom stereocenters. The Morgan fingerprint density at radius 1 is 1.14 bits per heavy atom. The van der Waals surface area contributed by atoms with Crippen LogP contribution in [0, 0.1) is 5.82 Å². The minimum Gasteiger partial charge on any atom is -0.338 e. The monoisotopic (exact) mass is 382 g/mol. The van der Waals surface area contributed by atoms with Gasteiger partial charge in [0.05, 0.1) is 11.4 Å². The number of nitrogens with one attached hydrogen (secondary N) is 2. The van der Waals surface area contributed by atoms with Gasteiger partial charge in [-0.1, -0.05) is 43.7 Å². The molecular formula is C21H23FN4O2. The molecule has 28 heavy (non-hydrogen) atoms. The molecule has 1 heterocycles. The quantitative estimate of drug-likeness (QED) is 0.780. The molecule has 6 nitrogen and oxygen atoms in total. The van der Waals surface area contributed by atoms with E-state index in [1.54, 1.807) is 49.5 Å². The minimum atomic E-state index is -1.16. The summed E-state index contributed by atoms with van der Waals surface area (Å²) in [4.78, 5) is 31.0. The Balaban J connectivity index is 2.02. The molecule has 2 aromatic rings. The van der Waals surface area contributed by atoms with E-state index in [9.17, 15) is 14.0 Å². The van der Waals surface area contributed by atoms with Gasteiger partial charge in [0, 0.05) is 24.7 Å². The van der Waals surface area contributed by atoms with Crippen molar-refractivity contribution in [1.29, 1.82) is 0 Å². The second kappa shape index (κ2) is 8.65. The van der Waals surface area contributed by atoms with E-state index in [0.29, 0.717) is 23.5 Å². The maximum Gasteiger partial charge on any atom is 0.316 e. The van der Waals surface area contributed by atoms with E-state index < -0.39 is 23.9 Å². The number of hydrogen-bond donors (Lipinski definition) is 2. The first-order valence-corrected chi connectivity index (χ1v) is 9.27. The van der Waals surface area contributed by atoms with Gasteiger partial charge in [-0.25, -0.2) is 14.2 Å². The van der Waals surface area contributed by atoms with Crippen LogP contribution in [-0.2, 0) is 4.79 Å². The van der Waals surface area contributed by atoms with E-state index in [2.05, 4.69) is 15.6 Å². The number of nitrogens with zero attached hydrogens (tertiary/aromatic N) is 2. The van der Waals surface area contributed by atoms with Crippen molar-refractivity contribution in [1.82, 2.24) is 10.6 Å². The summed E-state index contributed by atoms with van der Waals surface area (Å²) in [6.45, 7) is 2.52. The van der Waals surface area contributed by atoms with Crippen molar-refractivity contribution in [3.63, 3.8) is 0 Å². The van der Waals surface area contributed by atoms with Crippen molar-refractivity contribution >= 4 is 23.3 Å². The lowest BCUT2D eigenvalue weighted by molar-refractivity contribution is -0.119. The number of carbonyl (C=O) groups excluding carboxylic acids is 2. The third kappa shape index (κ3) is 4.03. The summed E-state index contributed by atoms with van der Waals surface area (Å²) in [6.07, 6.45) is 0.617. The molecule has 2 N–H and O–H groups in total. The summed E-state index contributed by atoms with van der Waals surface area (Å²) in [7, 11) is 1.62. The summed E-state index contributed by atoms with van der Waals surface area (Å²) < 4.78 is 14.5. The van der Waals surface area contributed by atoms with Crippen LogP contribution in [0.2, 0.25) is 0 Å². The molecule has 0 radical (unpaired) electrons. The summed E-state index contributed by atoms with van der Waals surface area (Å²) in [5.74, 6) is -0.844. The van der Waals surface area contributed by atoms with Crippen molar-refractivity contribution in [2.24, 2.45) is 4.99 Å². The van der Waals surface area contributed by atoms with Gasteiger partial charge in [0.1, 0.15) is 5.82 Å². The normalized spacial score (nSPS) is 16.1. The van der Waals surface area contributed by atoms with Crippen molar-refractivity contribution in [2.75, 3.05) is 18.5 Å². The van der Waals surface area contributed by atoms with Gasteiger partial charge in [0.2, 0.25) is 6.17 Å². The van der Waals surface area contributed by atoms with Crippen LogP contribution in [0.25, 0.3) is 0 Å². The average molecular weight is 382 g/mol. The fourth-order valence-corrected chi connectivity index (χ4v) is 3.04. The number of likely N-dealkylation sites (N-methyl/N-ethyl adjacent to an activating group) is 1. The number of aliphatic imine (C=N–C) groups is 1. The Morgan fingerprint density at radius 3 is 2.54 bits per heavy atom. The highest BCUT2D eigenvalue weighted by Gasteiger charge is 2.31. The van der Waals surface area contributed by atoms with Crippen LogP contribution in [-0.4, -0.2) is 37.4 Å². The van der Waals surface area contributed by atoms with Crippen molar-refractivity contribution in [2.45, 2.75) is 25.9 Å². The number of halogens is 1. The van der Waals surface area contributed by atoms with Crippen molar-refractivity contribution in [3.05, 3.63) is 65.5 Å². The number of carbonyl (C=O) groups is 2. The molecule has 0 bridgehead atoms. The van der Waals surface area contributed by atoms with E-state index in [0.717, 1.165) is 12.8 Å². The maximum atomic E-state index is 14.5. The molecule has 7 heteroatoms. The molecular weight excluding hydrogens is 359 g/mol. The number of hydrogen-bond acceptors (Lipinski definition) is 3. The first-order chi connectivity index (χ1) is 13.5. The molecule has 0 aliphatic carbocycles. The van der Waals surface area contributed by atoms with Crippen LogP contribution in [0.5, 0.6) is 0 Å². The van der Waals surface area contributed by atoms with E-state index in [-0.39, 0.29) is 5.56 Å². The minimum absolute atomic E-state index is 0.274. The molecule has 0 spiro atoms. The van der Waals surface area contributed by atoms with Gasteiger partial charge in [-0.15, -0.1) is 0 Å². The first kappa shape index (κ1) is 19.5. The molecule has 1 aliphatic rings. The molecule has 0 aromatic heterocycles. The molecule has 3 rings (SSSR count). The van der Waals surface area contributed by atoms with Crippen molar-refractivity contribution in [3.8, 4) is 0 Å². The van der Waals surface area contributed by atoms with Gasteiger partial charge in [-0.3, -0.25) is 4.79 Å². The van der Waals surface area contributed by atoms with E-state index in [4.69, 9.17) is 0 Å². The highest BCUT2D eigenvalue weighted by Crippen LogP contribution is 2.27. The topological polar surface area (TPSA) is 73.8 Å². The number of benzene rings is 2. The number of unbranched alkanes of at least 4 members (excludes halogenated alkanes) is 1. The number of benzodiazepines with no additional fused rings is 1. The van der Waals surface area contributed by atoms with Gasteiger partial charge in [-0.2, -0.15) is 0 Å². The SMILES string of the molecule is CCCCNC(=O)NC1N=C(c2ccccc2F)c2ccccc2N(C)C1=O. The number of anilines is 1. The molecule has 146 valence electrons. The molecule has 0 saturated carbocycles. The summed E-state index contributed by atoms with van der Waals surface area (Å²) in [6, 6.07) is 12.9. The van der Waals surface area contributed by atoms with E-state index in [1.165, 1.54) is 11.0 Å². The maximum absolute atomic E-state index is 14.5. The molecule has 1 aliphatic heterocycles. The summed E-state index contributed by atoms with van der Waals surface area (Å²) >= 11 is 0. The van der Waals surface area contributed by atoms with Gasteiger partial charge < -0.3 is 15.5 Å². The average Bonchev–Trinajstić information content (AvgIpc) is 2.80. The zero-order valence-corrected chi connectivity index (χ0v) is 15.9. The first-order valence-electron chi connectivity index (χ1n) is 9.27. The van der Waals surface area contributed by atoms with Crippen molar-refractivity contribution < 1.29 is 14.0 Å². The number of fused-ring (bicyclic) bond motifs is 1. The Hall–Kier alpha value is -3.22. The van der Waals surface area contributed by atoms with Crippen LogP contribution in [0.1, 0.15) is 30.9 Å². The van der Waals surface area contributed by atoms with Crippen LogP contribution >= 0.6 is 0 Å². The van der Waals surface area contributed by atoms with E-state index in [1.807, 2.05) is 6.92 Å². The number of amides is 3. The number of urea groups is 1. The van der Waals surface area contributed by atoms with Crippen LogP contribution in [0.15, 0.2) is 53.5 Å². The lowest BCUT2D eigenvalue weighted by atomic mass is 10.00. The Bertz CT molecular complexity index is 913. The molecule has 2 aromatic carbocycles. The number of para-hydroxylation sites is 1. The van der Waals surface area contributed by atoms with Crippen LogP contribution < -0.4 is 15.5 Å². The fourth-order valence-electron chi connectivity index (χ4n) is 3.04. The van der Waals surface area contributed by atoms with Gasteiger partial charge in [-0.05, 0) is 24.6 Å². The molecule has 1 unspecified atom stereocenters. The van der Waals surface area contributed by atoms with Gasteiger partial charge >= 0.3 is 6.03 Å². The second-order valence-corrected chi connectivity index (χ2v) is 6.53. The number of rotatable bonds is 5. The zero-order valence-electron chi connectivity index (χ0n) is 15.9. The van der Waals surface area contributed by atoms with Crippen LogP contribution in [0.3, 0.4) is 0 Å². The standard InChI is InChI=1S/C21H23FN4O2/c1-3-4-13-23-21(28)25-19-20(27)26(2)17-12-8-6-10-15(17)18(24-19)14-9-5-7-11-16(14)22/h5-12,19H,3-4,13H2,1-2H3,(H2,23,25,28). The highest BCUT2D eigenvalue weighted by molar-refractivity contribution is 6.20. The second-order valence-electron chi connectivity index (χ2n) is 6.53. The molecule has 0 fully saturated rings. The molecule has 0 saturated heterocycles. The summed E-state index contributed by atoms with van der Waals surface area (Å²) in [5.41, 5.74) is 1.82. The van der Waals surface area contributed by atoms with Crippen LogP contribution in [0.4, 0.5) is 14.9 Å². The van der Waals surface area contributed by atoms with Gasteiger partial charge in [0.25, 0.3) is 5.91 Å². The lowest BCUT2D eigenvalue weighted by Gasteiger charge is -2.21. The third-order valence-corrected chi connectivity index (χ3v) is 4.56. The Labute approximate surface area is 163 Å². The third-order valence-electron chi connectivity index (χ3n) is 4.56. The lowest BCUT2D eigenvalue weighted by Crippen LogP contribution is -2.49. The van der Waals surface area contributed by atoms with E-state index >= 15 is 0 Å². The summed E-state index contributed by atoms with van der Waals surface area (Å²) in [5, 5.41) is 5.31. The highest BCUT2D eigenvalue weighted by atomic mass is 19.1. The molecule has 3 amide bonds. The largest absolute Gasteiger partial charge is 0.338 e. The Kier molecular flexibility index (Phi) is 6.03.